The van der Waals surface area contributed by atoms with E-state index in [1.54, 1.807) is 0 Å². The lowest BCUT2D eigenvalue weighted by molar-refractivity contribution is -0.385. The molecule has 1 saturated heterocycles. The van der Waals surface area contributed by atoms with E-state index in [0.717, 1.165) is 13.1 Å². The molecule has 0 amide bonds. The van der Waals surface area contributed by atoms with Crippen LogP contribution in [-0.2, 0) is 4.74 Å². The SMILES string of the molecule is Cc1nc(Cl)nc(NCC2CN(C)CCO2)c1[N+](=O)[O-]. The first kappa shape index (κ1) is 14.9. The summed E-state index contributed by atoms with van der Waals surface area (Å²) < 4.78 is 5.58. The normalized spacial score (nSPS) is 19.9. The molecule has 1 aliphatic rings. The molecule has 1 N–H and O–H groups in total. The van der Waals surface area contributed by atoms with Crippen LogP contribution < -0.4 is 5.32 Å². The van der Waals surface area contributed by atoms with Crippen LogP contribution in [0.4, 0.5) is 11.5 Å². The molecule has 1 aromatic heterocycles. The van der Waals surface area contributed by atoms with Gasteiger partial charge >= 0.3 is 5.69 Å². The third-order valence-corrected chi connectivity index (χ3v) is 3.22. The fraction of sp³-hybridized carbons (Fsp3) is 0.636. The fourth-order valence-electron chi connectivity index (χ4n) is 2.08. The standard InChI is InChI=1S/C11H16ClN5O3/c1-7-9(17(18)19)10(15-11(12)14-7)13-5-8-6-16(2)3-4-20-8/h8H,3-6H2,1-2H3,(H,13,14,15). The van der Waals surface area contributed by atoms with E-state index >= 15 is 0 Å². The Labute approximate surface area is 121 Å². The highest BCUT2D eigenvalue weighted by molar-refractivity contribution is 6.28. The summed E-state index contributed by atoms with van der Waals surface area (Å²) in [5.41, 5.74) is 0.0812. The monoisotopic (exact) mass is 301 g/mol. The Morgan fingerprint density at radius 3 is 3.00 bits per heavy atom. The van der Waals surface area contributed by atoms with E-state index < -0.39 is 4.92 Å². The molecule has 0 bridgehead atoms. The zero-order valence-electron chi connectivity index (χ0n) is 11.3. The number of likely N-dealkylation sites (N-methyl/N-ethyl adjacent to an activating group) is 1. The summed E-state index contributed by atoms with van der Waals surface area (Å²) in [7, 11) is 2.00. The largest absolute Gasteiger partial charge is 0.374 e. The fourth-order valence-corrected chi connectivity index (χ4v) is 2.29. The molecular weight excluding hydrogens is 286 g/mol. The number of ether oxygens (including phenoxy) is 1. The van der Waals surface area contributed by atoms with E-state index in [4.69, 9.17) is 16.3 Å². The Hall–Kier alpha value is -1.51. The molecule has 110 valence electrons. The van der Waals surface area contributed by atoms with Gasteiger partial charge in [0.25, 0.3) is 0 Å². The molecular formula is C11H16ClN5O3. The summed E-state index contributed by atoms with van der Waals surface area (Å²) in [6.07, 6.45) is -0.0394. The first-order valence-corrected chi connectivity index (χ1v) is 6.57. The highest BCUT2D eigenvalue weighted by Gasteiger charge is 2.23. The number of rotatable bonds is 4. The minimum absolute atomic E-state index is 0.0164. The molecule has 2 heterocycles. The Morgan fingerprint density at radius 1 is 1.60 bits per heavy atom. The molecule has 9 heteroatoms. The van der Waals surface area contributed by atoms with Gasteiger partial charge < -0.3 is 15.0 Å². The van der Waals surface area contributed by atoms with Crippen LogP contribution in [0.3, 0.4) is 0 Å². The lowest BCUT2D eigenvalue weighted by atomic mass is 10.2. The molecule has 0 radical (unpaired) electrons. The smallest absolute Gasteiger partial charge is 0.332 e. The van der Waals surface area contributed by atoms with Gasteiger partial charge in [-0.3, -0.25) is 10.1 Å². The molecule has 0 saturated carbocycles. The Morgan fingerprint density at radius 2 is 2.35 bits per heavy atom. The van der Waals surface area contributed by atoms with Crippen molar-refractivity contribution < 1.29 is 9.66 Å². The zero-order valence-corrected chi connectivity index (χ0v) is 12.1. The van der Waals surface area contributed by atoms with Gasteiger partial charge in [-0.2, -0.15) is 4.98 Å². The molecule has 1 atom stereocenters. The zero-order chi connectivity index (χ0) is 14.7. The van der Waals surface area contributed by atoms with Crippen LogP contribution in [0.1, 0.15) is 5.69 Å². The van der Waals surface area contributed by atoms with Crippen molar-refractivity contribution in [2.24, 2.45) is 0 Å². The van der Waals surface area contributed by atoms with Crippen molar-refractivity contribution in [2.75, 3.05) is 38.6 Å². The van der Waals surface area contributed by atoms with E-state index in [9.17, 15) is 10.1 Å². The molecule has 1 fully saturated rings. The Kier molecular flexibility index (Phi) is 4.69. The first-order valence-electron chi connectivity index (χ1n) is 6.20. The van der Waals surface area contributed by atoms with Gasteiger partial charge in [0.15, 0.2) is 0 Å². The molecule has 20 heavy (non-hydrogen) atoms. The van der Waals surface area contributed by atoms with Gasteiger partial charge in [0.1, 0.15) is 5.69 Å². The van der Waals surface area contributed by atoms with Crippen molar-refractivity contribution >= 4 is 23.1 Å². The molecule has 0 aromatic carbocycles. The van der Waals surface area contributed by atoms with Crippen molar-refractivity contribution in [3.05, 3.63) is 21.1 Å². The van der Waals surface area contributed by atoms with Crippen LogP contribution in [0.25, 0.3) is 0 Å². The van der Waals surface area contributed by atoms with Gasteiger partial charge in [0, 0.05) is 19.6 Å². The number of nitrogens with one attached hydrogen (secondary N) is 1. The summed E-state index contributed by atoms with van der Waals surface area (Å²) in [5.74, 6) is 0.129. The number of aromatic nitrogens is 2. The average Bonchev–Trinajstić information content (AvgIpc) is 2.35. The third-order valence-electron chi connectivity index (χ3n) is 3.05. The average molecular weight is 302 g/mol. The molecule has 8 nitrogen and oxygen atoms in total. The van der Waals surface area contributed by atoms with Crippen LogP contribution >= 0.6 is 11.6 Å². The van der Waals surface area contributed by atoms with Gasteiger partial charge in [-0.05, 0) is 25.6 Å². The van der Waals surface area contributed by atoms with Gasteiger partial charge in [-0.1, -0.05) is 0 Å². The summed E-state index contributed by atoms with van der Waals surface area (Å²) in [6.45, 7) is 4.25. The highest BCUT2D eigenvalue weighted by Crippen LogP contribution is 2.26. The van der Waals surface area contributed by atoms with Crippen molar-refractivity contribution in [1.29, 1.82) is 0 Å². The van der Waals surface area contributed by atoms with E-state index in [0.29, 0.717) is 13.2 Å². The van der Waals surface area contributed by atoms with Gasteiger partial charge in [0.2, 0.25) is 11.1 Å². The Bertz CT molecular complexity index is 513. The summed E-state index contributed by atoms with van der Waals surface area (Å²) in [4.78, 5) is 20.4. The predicted molar refractivity (Wildman–Crippen MR) is 74.2 cm³/mol. The van der Waals surface area contributed by atoms with Crippen LogP contribution in [0.2, 0.25) is 5.28 Å². The van der Waals surface area contributed by atoms with Crippen LogP contribution in [0.5, 0.6) is 0 Å². The number of nitro groups is 1. The summed E-state index contributed by atoms with van der Waals surface area (Å²) in [5, 5.41) is 14.0. The van der Waals surface area contributed by atoms with Crippen LogP contribution in [0, 0.1) is 17.0 Å². The van der Waals surface area contributed by atoms with Crippen LogP contribution in [-0.4, -0.2) is 59.2 Å². The lowest BCUT2D eigenvalue weighted by Gasteiger charge is -2.30. The topological polar surface area (TPSA) is 93.4 Å². The first-order chi connectivity index (χ1) is 9.47. The minimum atomic E-state index is -0.512. The van der Waals surface area contributed by atoms with Crippen molar-refractivity contribution in [3.8, 4) is 0 Å². The van der Waals surface area contributed by atoms with Crippen molar-refractivity contribution in [2.45, 2.75) is 13.0 Å². The molecule has 1 aliphatic heterocycles. The quantitative estimate of drug-likeness (QED) is 0.505. The molecule has 0 spiro atoms. The molecule has 1 aromatic rings. The van der Waals surface area contributed by atoms with Gasteiger partial charge in [-0.25, -0.2) is 4.98 Å². The maximum absolute atomic E-state index is 11.1. The van der Waals surface area contributed by atoms with Gasteiger partial charge in [0.05, 0.1) is 17.6 Å². The molecule has 1 unspecified atom stereocenters. The maximum atomic E-state index is 11.1. The number of hydrogen-bond acceptors (Lipinski definition) is 7. The number of halogens is 1. The summed E-state index contributed by atoms with van der Waals surface area (Å²) >= 11 is 5.75. The predicted octanol–water partition coefficient (Wildman–Crippen LogP) is 1.09. The second-order valence-electron chi connectivity index (χ2n) is 4.67. The number of anilines is 1. The summed E-state index contributed by atoms with van der Waals surface area (Å²) in [6, 6.07) is 0. The van der Waals surface area contributed by atoms with E-state index in [2.05, 4.69) is 20.2 Å². The second-order valence-corrected chi connectivity index (χ2v) is 5.01. The lowest BCUT2D eigenvalue weighted by Crippen LogP contribution is -2.43. The third kappa shape index (κ3) is 3.53. The van der Waals surface area contributed by atoms with E-state index in [-0.39, 0.29) is 28.6 Å². The number of nitrogens with zero attached hydrogens (tertiary/aromatic N) is 4. The van der Waals surface area contributed by atoms with Crippen LogP contribution in [0.15, 0.2) is 0 Å². The van der Waals surface area contributed by atoms with Crippen molar-refractivity contribution in [3.63, 3.8) is 0 Å². The van der Waals surface area contributed by atoms with Crippen molar-refractivity contribution in [1.82, 2.24) is 14.9 Å². The number of morpholine rings is 1. The number of aryl methyl sites for hydroxylation is 1. The minimum Gasteiger partial charge on any atom is -0.374 e. The molecule has 2 rings (SSSR count). The van der Waals surface area contributed by atoms with Gasteiger partial charge in [-0.15, -0.1) is 0 Å². The maximum Gasteiger partial charge on any atom is 0.332 e. The van der Waals surface area contributed by atoms with E-state index in [1.165, 1.54) is 6.92 Å². The second kappa shape index (κ2) is 6.29. The van der Waals surface area contributed by atoms with E-state index in [1.807, 2.05) is 7.05 Å². The highest BCUT2D eigenvalue weighted by atomic mass is 35.5. The number of hydrogen-bond donors (Lipinski definition) is 1. The Balaban J connectivity index is 2.10. The molecule has 0 aliphatic carbocycles.